The Labute approximate surface area is 148 Å². The van der Waals surface area contributed by atoms with Gasteiger partial charge in [0, 0.05) is 5.69 Å². The Morgan fingerprint density at radius 2 is 1.80 bits per heavy atom. The van der Waals surface area contributed by atoms with Gasteiger partial charge in [-0.15, -0.1) is 0 Å². The molecule has 0 heterocycles. The van der Waals surface area contributed by atoms with Crippen LogP contribution in [0, 0.1) is 0 Å². The molecule has 2 rings (SSSR count). The highest BCUT2D eigenvalue weighted by Crippen LogP contribution is 2.17. The summed E-state index contributed by atoms with van der Waals surface area (Å²) in [6, 6.07) is 17.5. The monoisotopic (exact) mass is 342 g/mol. The van der Waals surface area contributed by atoms with E-state index in [1.54, 1.807) is 24.3 Å². The Morgan fingerprint density at radius 1 is 1.12 bits per heavy atom. The summed E-state index contributed by atoms with van der Waals surface area (Å²) >= 11 is 0. The molecule has 0 bridgehead atoms. The molecular formula is C20H26N2O3. The van der Waals surface area contributed by atoms with E-state index in [9.17, 15) is 4.79 Å². The number of aryl methyl sites for hydroxylation is 1. The summed E-state index contributed by atoms with van der Waals surface area (Å²) in [5.74, 6) is 0.333. The molecule has 5 nitrogen and oxygen atoms in total. The van der Waals surface area contributed by atoms with Crippen LogP contribution in [0.3, 0.4) is 0 Å². The first kappa shape index (κ1) is 19.0. The van der Waals surface area contributed by atoms with Crippen molar-refractivity contribution in [2.24, 2.45) is 5.73 Å². The SMILES string of the molecule is CC(N)(CO)C(=O)Nc1ccc(OCCCCc2ccccc2)cc1. The van der Waals surface area contributed by atoms with E-state index in [2.05, 4.69) is 29.6 Å². The van der Waals surface area contributed by atoms with Gasteiger partial charge in [-0.05, 0) is 56.0 Å². The van der Waals surface area contributed by atoms with Gasteiger partial charge in [-0.25, -0.2) is 0 Å². The third-order valence-corrected chi connectivity index (χ3v) is 3.93. The number of carbonyl (C=O) groups is 1. The molecule has 2 aromatic carbocycles. The minimum absolute atomic E-state index is 0.414. The van der Waals surface area contributed by atoms with Crippen molar-refractivity contribution >= 4 is 11.6 Å². The molecule has 4 N–H and O–H groups in total. The third kappa shape index (κ3) is 6.21. The average molecular weight is 342 g/mol. The Hall–Kier alpha value is -2.37. The summed E-state index contributed by atoms with van der Waals surface area (Å²) in [4.78, 5) is 11.9. The number of nitrogens with one attached hydrogen (secondary N) is 1. The summed E-state index contributed by atoms with van der Waals surface area (Å²) in [6.45, 7) is 1.72. The number of aliphatic hydroxyl groups is 1. The van der Waals surface area contributed by atoms with E-state index in [-0.39, 0.29) is 0 Å². The Morgan fingerprint density at radius 3 is 2.44 bits per heavy atom. The second kappa shape index (κ2) is 9.20. The average Bonchev–Trinajstić information content (AvgIpc) is 2.63. The van der Waals surface area contributed by atoms with Crippen molar-refractivity contribution in [3.05, 3.63) is 60.2 Å². The van der Waals surface area contributed by atoms with Crippen LogP contribution < -0.4 is 15.8 Å². The highest BCUT2D eigenvalue weighted by atomic mass is 16.5. The normalized spacial score (nSPS) is 13.1. The van der Waals surface area contributed by atoms with Gasteiger partial charge in [0.05, 0.1) is 13.2 Å². The van der Waals surface area contributed by atoms with Gasteiger partial charge < -0.3 is 20.9 Å². The molecule has 0 fully saturated rings. The summed E-state index contributed by atoms with van der Waals surface area (Å²) in [5, 5.41) is 11.8. The van der Waals surface area contributed by atoms with E-state index in [0.717, 1.165) is 25.0 Å². The maximum absolute atomic E-state index is 11.9. The molecule has 0 saturated heterocycles. The van der Waals surface area contributed by atoms with E-state index < -0.39 is 18.1 Å². The highest BCUT2D eigenvalue weighted by molar-refractivity contribution is 5.97. The van der Waals surface area contributed by atoms with Crippen LogP contribution in [0.2, 0.25) is 0 Å². The van der Waals surface area contributed by atoms with Gasteiger partial charge in [-0.2, -0.15) is 0 Å². The number of anilines is 1. The highest BCUT2D eigenvalue weighted by Gasteiger charge is 2.27. The molecule has 1 amide bonds. The van der Waals surface area contributed by atoms with Gasteiger partial charge in [-0.3, -0.25) is 4.79 Å². The van der Waals surface area contributed by atoms with Gasteiger partial charge in [0.1, 0.15) is 11.3 Å². The summed E-state index contributed by atoms with van der Waals surface area (Å²) in [6.07, 6.45) is 3.11. The van der Waals surface area contributed by atoms with Crippen molar-refractivity contribution < 1.29 is 14.6 Å². The van der Waals surface area contributed by atoms with Crippen molar-refractivity contribution in [2.75, 3.05) is 18.5 Å². The van der Waals surface area contributed by atoms with Crippen LogP contribution in [0.5, 0.6) is 5.75 Å². The van der Waals surface area contributed by atoms with E-state index >= 15 is 0 Å². The third-order valence-electron chi connectivity index (χ3n) is 3.93. The molecule has 5 heteroatoms. The predicted octanol–water partition coefficient (Wildman–Crippen LogP) is 2.74. The Kier molecular flexibility index (Phi) is 6.98. The minimum atomic E-state index is -1.30. The predicted molar refractivity (Wildman–Crippen MR) is 99.6 cm³/mol. The number of carbonyl (C=O) groups excluding carboxylic acids is 1. The quantitative estimate of drug-likeness (QED) is 0.612. The van der Waals surface area contributed by atoms with Crippen molar-refractivity contribution in [2.45, 2.75) is 31.7 Å². The van der Waals surface area contributed by atoms with Gasteiger partial charge >= 0.3 is 0 Å². The van der Waals surface area contributed by atoms with E-state index in [1.807, 2.05) is 6.07 Å². The minimum Gasteiger partial charge on any atom is -0.494 e. The smallest absolute Gasteiger partial charge is 0.246 e. The fourth-order valence-corrected chi connectivity index (χ4v) is 2.25. The van der Waals surface area contributed by atoms with E-state index in [1.165, 1.54) is 12.5 Å². The molecule has 0 aliphatic rings. The van der Waals surface area contributed by atoms with Gasteiger partial charge in [-0.1, -0.05) is 30.3 Å². The molecule has 0 saturated carbocycles. The van der Waals surface area contributed by atoms with Crippen LogP contribution in [-0.2, 0) is 11.2 Å². The van der Waals surface area contributed by atoms with Crippen LogP contribution in [0.15, 0.2) is 54.6 Å². The molecule has 2 aromatic rings. The van der Waals surface area contributed by atoms with E-state index in [0.29, 0.717) is 12.3 Å². The van der Waals surface area contributed by atoms with Gasteiger partial charge in [0.25, 0.3) is 0 Å². The second-order valence-corrected chi connectivity index (χ2v) is 6.35. The van der Waals surface area contributed by atoms with Crippen LogP contribution in [0.1, 0.15) is 25.3 Å². The number of amides is 1. The fourth-order valence-electron chi connectivity index (χ4n) is 2.25. The molecule has 1 unspecified atom stereocenters. The lowest BCUT2D eigenvalue weighted by Crippen LogP contribution is -2.51. The summed E-state index contributed by atoms with van der Waals surface area (Å²) in [7, 11) is 0. The number of hydrogen-bond acceptors (Lipinski definition) is 4. The fraction of sp³-hybridized carbons (Fsp3) is 0.350. The summed E-state index contributed by atoms with van der Waals surface area (Å²) in [5.41, 5.74) is 6.35. The topological polar surface area (TPSA) is 84.6 Å². The van der Waals surface area contributed by atoms with Crippen molar-refractivity contribution in [3.8, 4) is 5.75 Å². The molecule has 0 aromatic heterocycles. The van der Waals surface area contributed by atoms with Crippen LogP contribution in [0.4, 0.5) is 5.69 Å². The van der Waals surface area contributed by atoms with Crippen LogP contribution >= 0.6 is 0 Å². The summed E-state index contributed by atoms with van der Waals surface area (Å²) < 4.78 is 5.71. The number of benzene rings is 2. The standard InChI is InChI=1S/C20H26N2O3/c1-20(21,15-23)19(24)22-17-10-12-18(13-11-17)25-14-6-5-9-16-7-3-2-4-8-16/h2-4,7-8,10-13,23H,5-6,9,14-15,21H2,1H3,(H,22,24). The molecule has 25 heavy (non-hydrogen) atoms. The van der Waals surface area contributed by atoms with Gasteiger partial charge in [0.15, 0.2) is 0 Å². The van der Waals surface area contributed by atoms with Crippen LogP contribution in [0.25, 0.3) is 0 Å². The van der Waals surface area contributed by atoms with Crippen molar-refractivity contribution in [1.82, 2.24) is 0 Å². The lowest BCUT2D eigenvalue weighted by Gasteiger charge is -2.20. The van der Waals surface area contributed by atoms with Gasteiger partial charge in [0.2, 0.25) is 5.91 Å². The molecule has 0 aliphatic heterocycles. The van der Waals surface area contributed by atoms with Crippen LogP contribution in [-0.4, -0.2) is 29.8 Å². The number of nitrogens with two attached hydrogens (primary N) is 1. The van der Waals surface area contributed by atoms with Crippen molar-refractivity contribution in [3.63, 3.8) is 0 Å². The first-order valence-electron chi connectivity index (χ1n) is 8.49. The number of unbranched alkanes of at least 4 members (excludes halogenated alkanes) is 1. The lowest BCUT2D eigenvalue weighted by molar-refractivity contribution is -0.121. The zero-order valence-corrected chi connectivity index (χ0v) is 14.6. The van der Waals surface area contributed by atoms with Crippen molar-refractivity contribution in [1.29, 1.82) is 0 Å². The molecule has 0 spiro atoms. The molecule has 134 valence electrons. The number of aliphatic hydroxyl groups excluding tert-OH is 1. The largest absolute Gasteiger partial charge is 0.494 e. The lowest BCUT2D eigenvalue weighted by atomic mass is 10.0. The first-order valence-corrected chi connectivity index (χ1v) is 8.49. The molecule has 0 aliphatic carbocycles. The molecule has 1 atom stereocenters. The number of hydrogen-bond donors (Lipinski definition) is 3. The zero-order valence-electron chi connectivity index (χ0n) is 14.6. The maximum atomic E-state index is 11.9. The Balaban J connectivity index is 1.70. The van der Waals surface area contributed by atoms with E-state index in [4.69, 9.17) is 15.6 Å². The Bertz CT molecular complexity index is 654. The first-order chi connectivity index (χ1) is 12.0. The second-order valence-electron chi connectivity index (χ2n) is 6.35. The maximum Gasteiger partial charge on any atom is 0.246 e. The number of rotatable bonds is 9. The number of ether oxygens (including phenoxy) is 1. The molecular weight excluding hydrogens is 316 g/mol. The molecule has 0 radical (unpaired) electrons. The zero-order chi connectivity index (χ0) is 18.1.